The highest BCUT2D eigenvalue weighted by Gasteiger charge is 2.30. The molecule has 0 bridgehead atoms. The fourth-order valence-electron chi connectivity index (χ4n) is 4.19. The predicted octanol–water partition coefficient (Wildman–Crippen LogP) is 3.71. The number of nitrogens with one attached hydrogen (secondary N) is 2. The smallest absolute Gasteiger partial charge is 0.241 e. The molecule has 0 radical (unpaired) electrons. The van der Waals surface area contributed by atoms with Crippen molar-refractivity contribution in [1.82, 2.24) is 10.2 Å². The van der Waals surface area contributed by atoms with Crippen molar-refractivity contribution in [3.8, 4) is 6.07 Å². The summed E-state index contributed by atoms with van der Waals surface area (Å²) in [5, 5.41) is 15.5. The quantitative estimate of drug-likeness (QED) is 0.381. The molecule has 1 heterocycles. The van der Waals surface area contributed by atoms with Crippen molar-refractivity contribution < 1.29 is 9.59 Å². The molecule has 1 saturated heterocycles. The zero-order valence-corrected chi connectivity index (χ0v) is 18.5. The molecular weight excluding hydrogens is 376 g/mol. The van der Waals surface area contributed by atoms with Gasteiger partial charge in [0.15, 0.2) is 0 Å². The zero-order valence-electron chi connectivity index (χ0n) is 18.5. The molecule has 2 N–H and O–H groups in total. The van der Waals surface area contributed by atoms with Crippen molar-refractivity contribution in [3.05, 3.63) is 28.8 Å². The van der Waals surface area contributed by atoms with Crippen molar-refractivity contribution in [2.75, 3.05) is 31.5 Å². The Hall–Kier alpha value is -2.23. The summed E-state index contributed by atoms with van der Waals surface area (Å²) in [5.41, 5.74) is 3.23. The molecule has 0 saturated carbocycles. The molecule has 1 atom stereocenters. The lowest BCUT2D eigenvalue weighted by Crippen LogP contribution is -2.40. The number of hydrogen-bond donors (Lipinski definition) is 2. The van der Waals surface area contributed by atoms with Gasteiger partial charge in [-0.15, -0.1) is 0 Å². The van der Waals surface area contributed by atoms with Gasteiger partial charge in [0.1, 0.15) is 6.29 Å². The maximum Gasteiger partial charge on any atom is 0.241 e. The minimum Gasteiger partial charge on any atom is -0.324 e. The average Bonchev–Trinajstić information content (AvgIpc) is 3.21. The van der Waals surface area contributed by atoms with Gasteiger partial charge in [0, 0.05) is 5.69 Å². The maximum absolute atomic E-state index is 12.9. The van der Waals surface area contributed by atoms with Gasteiger partial charge in [-0.05, 0) is 76.4 Å². The lowest BCUT2D eigenvalue weighted by Gasteiger charge is -2.24. The van der Waals surface area contributed by atoms with Crippen LogP contribution in [0, 0.1) is 25.2 Å². The molecule has 1 aromatic rings. The van der Waals surface area contributed by atoms with Crippen LogP contribution >= 0.6 is 0 Å². The zero-order chi connectivity index (χ0) is 21.8. The first kappa shape index (κ1) is 24.0. The number of anilines is 1. The summed E-state index contributed by atoms with van der Waals surface area (Å²) in [4.78, 5) is 25.5. The second-order valence-corrected chi connectivity index (χ2v) is 8.22. The fourth-order valence-corrected chi connectivity index (χ4v) is 4.19. The van der Waals surface area contributed by atoms with E-state index in [4.69, 9.17) is 0 Å². The van der Waals surface area contributed by atoms with Gasteiger partial charge in [0.05, 0.1) is 24.2 Å². The van der Waals surface area contributed by atoms with Gasteiger partial charge in [-0.1, -0.05) is 31.7 Å². The third-order valence-corrected chi connectivity index (χ3v) is 5.98. The molecule has 1 unspecified atom stereocenters. The number of aryl methyl sites for hydroxylation is 1. The number of rotatable bonds is 13. The van der Waals surface area contributed by atoms with E-state index in [-0.39, 0.29) is 11.9 Å². The molecule has 164 valence electrons. The number of hydrogen-bond acceptors (Lipinski definition) is 5. The number of likely N-dealkylation sites (tertiary alicyclic amines) is 1. The highest BCUT2D eigenvalue weighted by molar-refractivity contribution is 5.96. The molecule has 30 heavy (non-hydrogen) atoms. The minimum atomic E-state index is -0.0709. The highest BCUT2D eigenvalue weighted by Crippen LogP contribution is 2.26. The van der Waals surface area contributed by atoms with E-state index in [1.807, 2.05) is 26.0 Å². The Bertz CT molecular complexity index is 741. The fraction of sp³-hybridized carbons (Fsp3) is 0.625. The van der Waals surface area contributed by atoms with Crippen LogP contribution in [-0.2, 0) is 9.59 Å². The summed E-state index contributed by atoms with van der Waals surface area (Å²) >= 11 is 0. The predicted molar refractivity (Wildman–Crippen MR) is 120 cm³/mol. The van der Waals surface area contributed by atoms with E-state index in [9.17, 15) is 14.9 Å². The summed E-state index contributed by atoms with van der Waals surface area (Å²) in [6.07, 6.45) is 9.92. The number of nitriles is 1. The molecule has 0 spiro atoms. The Morgan fingerprint density at radius 1 is 1.20 bits per heavy atom. The van der Waals surface area contributed by atoms with E-state index in [0.29, 0.717) is 12.1 Å². The standard InChI is InChI=1S/C24H36N4O2/c1-19-11-12-21(18-25)20(2)23(19)27-24(30)22-10-9-16-28(22)15-8-6-4-3-5-7-13-26-14-17-29/h11-12,17,22,26H,3-10,13-16H2,1-2H3,(H,27,30). The summed E-state index contributed by atoms with van der Waals surface area (Å²) in [7, 11) is 0. The van der Waals surface area contributed by atoms with Crippen LogP contribution in [0.25, 0.3) is 0 Å². The molecule has 1 aromatic carbocycles. The lowest BCUT2D eigenvalue weighted by molar-refractivity contribution is -0.120. The minimum absolute atomic E-state index is 0.0524. The normalized spacial score (nSPS) is 16.4. The number of carbonyl (C=O) groups is 2. The first-order chi connectivity index (χ1) is 14.6. The largest absolute Gasteiger partial charge is 0.324 e. The molecule has 0 aliphatic carbocycles. The van der Waals surface area contributed by atoms with E-state index in [0.717, 1.165) is 68.4 Å². The van der Waals surface area contributed by atoms with E-state index in [1.54, 1.807) is 0 Å². The average molecular weight is 413 g/mol. The van der Waals surface area contributed by atoms with Gasteiger partial charge in [-0.25, -0.2) is 0 Å². The number of amides is 1. The van der Waals surface area contributed by atoms with Gasteiger partial charge in [0.2, 0.25) is 5.91 Å². The van der Waals surface area contributed by atoms with Gasteiger partial charge >= 0.3 is 0 Å². The van der Waals surface area contributed by atoms with Crippen LogP contribution in [0.3, 0.4) is 0 Å². The van der Waals surface area contributed by atoms with Crippen LogP contribution in [0.4, 0.5) is 5.69 Å². The lowest BCUT2D eigenvalue weighted by atomic mass is 10.0. The van der Waals surface area contributed by atoms with E-state index >= 15 is 0 Å². The number of aldehydes is 1. The van der Waals surface area contributed by atoms with Gasteiger partial charge in [0.25, 0.3) is 0 Å². The number of carbonyl (C=O) groups excluding carboxylic acids is 2. The molecule has 0 aromatic heterocycles. The third kappa shape index (κ3) is 7.23. The van der Waals surface area contributed by atoms with Crippen LogP contribution in [-0.4, -0.2) is 49.3 Å². The molecule has 6 heteroatoms. The number of benzene rings is 1. The second kappa shape index (κ2) is 13.1. The first-order valence-corrected chi connectivity index (χ1v) is 11.3. The molecule has 1 amide bonds. The monoisotopic (exact) mass is 412 g/mol. The van der Waals surface area contributed by atoms with E-state index in [2.05, 4.69) is 21.6 Å². The van der Waals surface area contributed by atoms with Crippen molar-refractivity contribution in [2.24, 2.45) is 0 Å². The van der Waals surface area contributed by atoms with E-state index in [1.165, 1.54) is 25.7 Å². The molecule has 2 rings (SSSR count). The van der Waals surface area contributed by atoms with Crippen LogP contribution in [0.2, 0.25) is 0 Å². The van der Waals surface area contributed by atoms with Crippen molar-refractivity contribution in [3.63, 3.8) is 0 Å². The Labute approximate surface area is 181 Å². The Morgan fingerprint density at radius 2 is 1.93 bits per heavy atom. The third-order valence-electron chi connectivity index (χ3n) is 5.98. The van der Waals surface area contributed by atoms with Crippen molar-refractivity contribution >= 4 is 17.9 Å². The van der Waals surface area contributed by atoms with E-state index < -0.39 is 0 Å². The first-order valence-electron chi connectivity index (χ1n) is 11.3. The summed E-state index contributed by atoms with van der Waals surface area (Å²) in [6, 6.07) is 5.83. The van der Waals surface area contributed by atoms with Crippen molar-refractivity contribution in [1.29, 1.82) is 5.26 Å². The summed E-state index contributed by atoms with van der Waals surface area (Å²) in [6.45, 7) is 7.18. The SMILES string of the molecule is Cc1ccc(C#N)c(C)c1NC(=O)C1CCCN1CCCCCCCCNCC=O. The Morgan fingerprint density at radius 3 is 2.67 bits per heavy atom. The Balaban J connectivity index is 1.72. The molecular formula is C24H36N4O2. The number of nitrogens with zero attached hydrogens (tertiary/aromatic N) is 2. The topological polar surface area (TPSA) is 85.2 Å². The maximum atomic E-state index is 12.9. The van der Waals surface area contributed by atoms with Gasteiger partial charge < -0.3 is 15.4 Å². The second-order valence-electron chi connectivity index (χ2n) is 8.22. The van der Waals surface area contributed by atoms with Gasteiger partial charge in [-0.3, -0.25) is 9.69 Å². The summed E-state index contributed by atoms with van der Waals surface area (Å²) in [5.74, 6) is 0.0524. The molecule has 6 nitrogen and oxygen atoms in total. The molecule has 1 aliphatic heterocycles. The number of unbranched alkanes of at least 4 members (excludes halogenated alkanes) is 5. The molecule has 1 aliphatic rings. The van der Waals surface area contributed by atoms with Crippen LogP contribution in [0.1, 0.15) is 68.1 Å². The Kier molecular flexibility index (Phi) is 10.5. The molecule has 1 fully saturated rings. The van der Waals surface area contributed by atoms with Gasteiger partial charge in [-0.2, -0.15) is 5.26 Å². The van der Waals surface area contributed by atoms with Crippen LogP contribution in [0.5, 0.6) is 0 Å². The van der Waals surface area contributed by atoms with Crippen LogP contribution < -0.4 is 10.6 Å². The van der Waals surface area contributed by atoms with Crippen molar-refractivity contribution in [2.45, 2.75) is 71.3 Å². The van der Waals surface area contributed by atoms with Crippen LogP contribution in [0.15, 0.2) is 12.1 Å². The highest BCUT2D eigenvalue weighted by atomic mass is 16.2. The summed E-state index contributed by atoms with van der Waals surface area (Å²) < 4.78 is 0.